The van der Waals surface area contributed by atoms with E-state index in [4.69, 9.17) is 5.26 Å². The number of nitrogens with one attached hydrogen (secondary N) is 1. The number of nitriles is 1. The van der Waals surface area contributed by atoms with Crippen LogP contribution in [0.2, 0.25) is 0 Å². The van der Waals surface area contributed by atoms with Crippen molar-refractivity contribution in [3.05, 3.63) is 65.6 Å². The van der Waals surface area contributed by atoms with E-state index in [-0.39, 0.29) is 11.8 Å². The minimum Gasteiger partial charge on any atom is -0.361 e. The second-order valence-corrected chi connectivity index (χ2v) is 9.69. The maximum Gasteiger partial charge on any atom is 0.324 e. The fraction of sp³-hybridized carbons (Fsp3) is 0.429. The highest BCUT2D eigenvalue weighted by Gasteiger charge is 2.27. The van der Waals surface area contributed by atoms with Gasteiger partial charge in [-0.25, -0.2) is 9.18 Å². The standard InChI is InChI=1S/C28H32FN5O/c29-23-5-7-24(8-6-23)34(28(35)33-12-2-1-3-13-33)17-16-32-14-10-22(11-15-32)26-20-31-27-18-21(19-30)4-9-25(26)27/h4-9,18,20,22,31H,1-3,10-17H2. The van der Waals surface area contributed by atoms with Gasteiger partial charge in [0.15, 0.2) is 0 Å². The number of urea groups is 1. The number of H-pyrrole nitrogens is 1. The molecule has 0 unspecified atom stereocenters. The smallest absolute Gasteiger partial charge is 0.324 e. The van der Waals surface area contributed by atoms with E-state index in [1.165, 1.54) is 29.5 Å². The fourth-order valence-corrected chi connectivity index (χ4v) is 5.48. The Morgan fingerprint density at radius 2 is 1.80 bits per heavy atom. The summed E-state index contributed by atoms with van der Waals surface area (Å²) < 4.78 is 13.5. The molecule has 0 atom stereocenters. The van der Waals surface area contributed by atoms with E-state index < -0.39 is 0 Å². The van der Waals surface area contributed by atoms with Gasteiger partial charge in [-0.3, -0.25) is 4.90 Å². The van der Waals surface area contributed by atoms with Crippen LogP contribution in [0, 0.1) is 17.1 Å². The molecule has 2 aliphatic rings. The van der Waals surface area contributed by atoms with Crippen molar-refractivity contribution in [3.8, 4) is 6.07 Å². The molecule has 0 aliphatic carbocycles. The monoisotopic (exact) mass is 473 g/mol. The molecule has 1 N–H and O–H groups in total. The van der Waals surface area contributed by atoms with Crippen molar-refractivity contribution in [2.45, 2.75) is 38.0 Å². The highest BCUT2D eigenvalue weighted by atomic mass is 19.1. The van der Waals surface area contributed by atoms with Gasteiger partial charge in [0.2, 0.25) is 0 Å². The summed E-state index contributed by atoms with van der Waals surface area (Å²) >= 11 is 0. The maximum atomic E-state index is 13.5. The summed E-state index contributed by atoms with van der Waals surface area (Å²) in [5.74, 6) is 0.193. The van der Waals surface area contributed by atoms with Crippen LogP contribution in [-0.2, 0) is 0 Å². The summed E-state index contributed by atoms with van der Waals surface area (Å²) in [6, 6.07) is 14.4. The lowest BCUT2D eigenvalue weighted by Gasteiger charge is -2.36. The second kappa shape index (κ2) is 10.5. The summed E-state index contributed by atoms with van der Waals surface area (Å²) in [7, 11) is 0. The van der Waals surface area contributed by atoms with Gasteiger partial charge in [0.25, 0.3) is 0 Å². The van der Waals surface area contributed by atoms with Crippen LogP contribution in [0.5, 0.6) is 0 Å². The first kappa shape index (κ1) is 23.4. The van der Waals surface area contributed by atoms with Gasteiger partial charge in [0, 0.05) is 49.0 Å². The molecule has 2 aliphatic heterocycles. The quantitative estimate of drug-likeness (QED) is 0.534. The molecule has 5 rings (SSSR count). The van der Waals surface area contributed by atoms with Crippen LogP contribution < -0.4 is 4.90 Å². The number of piperidine rings is 2. The summed E-state index contributed by atoms with van der Waals surface area (Å²) in [5, 5.41) is 10.4. The number of halogens is 1. The van der Waals surface area contributed by atoms with Gasteiger partial charge in [-0.15, -0.1) is 0 Å². The number of carbonyl (C=O) groups excluding carboxylic acids is 1. The Bertz CT molecular complexity index is 1200. The van der Waals surface area contributed by atoms with Crippen molar-refractivity contribution in [3.63, 3.8) is 0 Å². The Balaban J connectivity index is 1.22. The van der Waals surface area contributed by atoms with Crippen molar-refractivity contribution in [2.24, 2.45) is 0 Å². The third-order valence-electron chi connectivity index (χ3n) is 7.51. The summed E-state index contributed by atoms with van der Waals surface area (Å²) in [5.41, 5.74) is 3.78. The molecule has 35 heavy (non-hydrogen) atoms. The second-order valence-electron chi connectivity index (χ2n) is 9.69. The first-order valence-corrected chi connectivity index (χ1v) is 12.7. The van der Waals surface area contributed by atoms with Crippen LogP contribution in [0.4, 0.5) is 14.9 Å². The van der Waals surface area contributed by atoms with Crippen LogP contribution in [-0.4, -0.2) is 60.1 Å². The van der Waals surface area contributed by atoms with Crippen molar-refractivity contribution in [1.82, 2.24) is 14.8 Å². The van der Waals surface area contributed by atoms with Gasteiger partial charge < -0.3 is 14.8 Å². The summed E-state index contributed by atoms with van der Waals surface area (Å²) in [6.45, 7) is 4.93. The zero-order valence-electron chi connectivity index (χ0n) is 20.0. The molecular formula is C28H32FN5O. The van der Waals surface area contributed by atoms with Crippen molar-refractivity contribution in [2.75, 3.05) is 44.2 Å². The van der Waals surface area contributed by atoms with Gasteiger partial charge in [-0.05, 0) is 93.1 Å². The molecule has 0 radical (unpaired) electrons. The van der Waals surface area contributed by atoms with E-state index in [9.17, 15) is 9.18 Å². The lowest BCUT2D eigenvalue weighted by molar-refractivity contribution is 0.187. The largest absolute Gasteiger partial charge is 0.361 e. The van der Waals surface area contributed by atoms with Gasteiger partial charge in [-0.1, -0.05) is 6.07 Å². The third-order valence-corrected chi connectivity index (χ3v) is 7.51. The molecule has 3 heterocycles. The highest BCUT2D eigenvalue weighted by Crippen LogP contribution is 2.33. The average Bonchev–Trinajstić information content (AvgIpc) is 3.33. The Kier molecular flexibility index (Phi) is 7.01. The normalized spacial score (nSPS) is 17.4. The molecule has 7 heteroatoms. The Morgan fingerprint density at radius 1 is 1.06 bits per heavy atom. The van der Waals surface area contributed by atoms with Crippen LogP contribution in [0.1, 0.15) is 49.1 Å². The van der Waals surface area contributed by atoms with Gasteiger partial charge in [0.1, 0.15) is 5.82 Å². The molecule has 0 spiro atoms. The number of hydrogen-bond donors (Lipinski definition) is 1. The van der Waals surface area contributed by atoms with E-state index in [1.54, 1.807) is 12.1 Å². The number of aromatic nitrogens is 1. The Morgan fingerprint density at radius 3 is 2.51 bits per heavy atom. The SMILES string of the molecule is N#Cc1ccc2c(C3CCN(CCN(C(=O)N4CCCCC4)c4ccc(F)cc4)CC3)c[nH]c2c1. The minimum atomic E-state index is -0.290. The fourth-order valence-electron chi connectivity index (χ4n) is 5.48. The zero-order chi connectivity index (χ0) is 24.2. The molecule has 182 valence electrons. The first-order valence-electron chi connectivity index (χ1n) is 12.7. The molecule has 2 fully saturated rings. The topological polar surface area (TPSA) is 66.4 Å². The first-order chi connectivity index (χ1) is 17.1. The molecule has 0 bridgehead atoms. The van der Waals surface area contributed by atoms with Crippen LogP contribution in [0.15, 0.2) is 48.7 Å². The molecule has 2 aromatic carbocycles. The van der Waals surface area contributed by atoms with E-state index in [2.05, 4.69) is 28.2 Å². The van der Waals surface area contributed by atoms with Crippen LogP contribution in [0.3, 0.4) is 0 Å². The molecule has 0 saturated carbocycles. The van der Waals surface area contributed by atoms with Crippen LogP contribution in [0.25, 0.3) is 10.9 Å². The zero-order valence-corrected chi connectivity index (χ0v) is 20.0. The number of nitrogens with zero attached hydrogens (tertiary/aromatic N) is 4. The van der Waals surface area contributed by atoms with E-state index in [0.717, 1.165) is 69.6 Å². The molecule has 2 amide bonds. The van der Waals surface area contributed by atoms with Gasteiger partial charge >= 0.3 is 6.03 Å². The number of benzene rings is 2. The van der Waals surface area contributed by atoms with Crippen molar-refractivity contribution in [1.29, 1.82) is 5.26 Å². The van der Waals surface area contributed by atoms with Crippen molar-refractivity contribution < 1.29 is 9.18 Å². The van der Waals surface area contributed by atoms with Gasteiger partial charge in [0.05, 0.1) is 11.6 Å². The number of likely N-dealkylation sites (tertiary alicyclic amines) is 2. The number of carbonyl (C=O) groups is 1. The molecule has 3 aromatic rings. The Labute approximate surface area is 205 Å². The Hall–Kier alpha value is -3.37. The third kappa shape index (κ3) is 5.18. The number of fused-ring (bicyclic) bond motifs is 1. The maximum absolute atomic E-state index is 13.5. The number of amides is 2. The lowest BCUT2D eigenvalue weighted by atomic mass is 9.89. The predicted molar refractivity (Wildman–Crippen MR) is 136 cm³/mol. The average molecular weight is 474 g/mol. The minimum absolute atomic E-state index is 0.0294. The summed E-state index contributed by atoms with van der Waals surface area (Å²) in [6.07, 6.45) is 7.47. The molecule has 2 saturated heterocycles. The van der Waals surface area contributed by atoms with Crippen molar-refractivity contribution >= 4 is 22.6 Å². The van der Waals surface area contributed by atoms with E-state index in [1.807, 2.05) is 21.9 Å². The molecule has 1 aromatic heterocycles. The van der Waals surface area contributed by atoms with Crippen LogP contribution >= 0.6 is 0 Å². The highest BCUT2D eigenvalue weighted by molar-refractivity contribution is 5.92. The van der Waals surface area contributed by atoms with E-state index >= 15 is 0 Å². The molecule has 6 nitrogen and oxygen atoms in total. The number of anilines is 1. The van der Waals surface area contributed by atoms with Gasteiger partial charge in [-0.2, -0.15) is 5.26 Å². The number of aromatic amines is 1. The predicted octanol–water partition coefficient (Wildman–Crippen LogP) is 5.47. The lowest BCUT2D eigenvalue weighted by Crippen LogP contribution is -2.48. The number of rotatable bonds is 5. The van der Waals surface area contributed by atoms with E-state index in [0.29, 0.717) is 18.0 Å². The summed E-state index contributed by atoms with van der Waals surface area (Å²) in [4.78, 5) is 22.9. The number of hydrogen-bond acceptors (Lipinski definition) is 3. The molecular weight excluding hydrogens is 441 g/mol.